The summed E-state index contributed by atoms with van der Waals surface area (Å²) in [6.45, 7) is 6.62. The van der Waals surface area contributed by atoms with E-state index in [-0.39, 0.29) is 5.97 Å². The van der Waals surface area contributed by atoms with E-state index in [4.69, 9.17) is 17.0 Å². The number of anilines is 1. The van der Waals surface area contributed by atoms with E-state index in [1.165, 1.54) is 12.7 Å². The summed E-state index contributed by atoms with van der Waals surface area (Å²) in [5.74, 6) is -0.351. The van der Waals surface area contributed by atoms with Gasteiger partial charge >= 0.3 is 5.97 Å². The van der Waals surface area contributed by atoms with Crippen LogP contribution in [0.4, 0.5) is 5.00 Å². The molecule has 1 saturated heterocycles. The van der Waals surface area contributed by atoms with Gasteiger partial charge in [0.15, 0.2) is 5.11 Å². The molecule has 2 aromatic rings. The van der Waals surface area contributed by atoms with Gasteiger partial charge in [-0.1, -0.05) is 30.3 Å². The number of thiophene rings is 1. The minimum absolute atomic E-state index is 0.351. The summed E-state index contributed by atoms with van der Waals surface area (Å²) in [6.07, 6.45) is 2.89. The third-order valence-corrected chi connectivity index (χ3v) is 6.50. The van der Waals surface area contributed by atoms with Crippen LogP contribution in [0, 0.1) is 0 Å². The molecule has 0 aliphatic carbocycles. The van der Waals surface area contributed by atoms with Crippen molar-refractivity contribution in [3.8, 4) is 0 Å². The van der Waals surface area contributed by atoms with Gasteiger partial charge in [-0.05, 0) is 50.5 Å². The number of rotatable bonds is 6. The van der Waals surface area contributed by atoms with E-state index in [0.717, 1.165) is 42.2 Å². The minimum atomic E-state index is -0.351. The van der Waals surface area contributed by atoms with Crippen molar-refractivity contribution in [3.63, 3.8) is 0 Å². The van der Waals surface area contributed by atoms with Gasteiger partial charge in [-0.3, -0.25) is 0 Å². The number of carbonyl (C=O) groups excluding carboxylic acids is 1. The van der Waals surface area contributed by atoms with Crippen LogP contribution in [0.25, 0.3) is 0 Å². The van der Waals surface area contributed by atoms with Crippen LogP contribution >= 0.6 is 23.6 Å². The molecule has 0 atom stereocenters. The van der Waals surface area contributed by atoms with Crippen LogP contribution in [0.15, 0.2) is 36.4 Å². The molecule has 1 fully saturated rings. The third-order valence-electron chi connectivity index (χ3n) is 5.23. The number of thiocarbonyl (C=S) groups is 1. The largest absolute Gasteiger partial charge is 0.465 e. The summed E-state index contributed by atoms with van der Waals surface area (Å²) in [6, 6.07) is 13.0. The Morgan fingerprint density at radius 1 is 1.28 bits per heavy atom. The maximum atomic E-state index is 12.2. The zero-order chi connectivity index (χ0) is 20.8. The van der Waals surface area contributed by atoms with Crippen molar-refractivity contribution < 1.29 is 9.53 Å². The van der Waals surface area contributed by atoms with Crippen molar-refractivity contribution in [1.29, 1.82) is 0 Å². The number of piperidine rings is 1. The molecule has 2 heterocycles. The molecule has 1 aliphatic rings. The van der Waals surface area contributed by atoms with Gasteiger partial charge in [0.05, 0.1) is 12.7 Å². The van der Waals surface area contributed by atoms with Crippen LogP contribution in [-0.2, 0) is 11.2 Å². The first-order valence-corrected chi connectivity index (χ1v) is 11.2. The van der Waals surface area contributed by atoms with E-state index in [1.807, 2.05) is 24.3 Å². The highest BCUT2D eigenvalue weighted by Crippen LogP contribution is 2.30. The molecule has 5 nitrogen and oxygen atoms in total. The minimum Gasteiger partial charge on any atom is -0.465 e. The number of methoxy groups -OCH3 is 1. The summed E-state index contributed by atoms with van der Waals surface area (Å²) >= 11 is 7.08. The number of carbonyl (C=O) groups is 1. The highest BCUT2D eigenvalue weighted by atomic mass is 32.1. The molecule has 2 N–H and O–H groups in total. The molecular formula is C22H29N3O2S2. The summed E-state index contributed by atoms with van der Waals surface area (Å²) in [5.41, 5.74) is 1.73. The highest BCUT2D eigenvalue weighted by molar-refractivity contribution is 7.80. The topological polar surface area (TPSA) is 53.6 Å². The third kappa shape index (κ3) is 6.01. The quantitative estimate of drug-likeness (QED) is 0.526. The molecule has 29 heavy (non-hydrogen) atoms. The molecular weight excluding hydrogens is 402 g/mol. The highest BCUT2D eigenvalue weighted by Gasteiger charge is 2.22. The number of esters is 1. The van der Waals surface area contributed by atoms with E-state index >= 15 is 0 Å². The first-order chi connectivity index (χ1) is 14.0. The number of benzene rings is 1. The zero-order valence-corrected chi connectivity index (χ0v) is 18.9. The van der Waals surface area contributed by atoms with E-state index in [0.29, 0.717) is 22.8 Å². The molecule has 7 heteroatoms. The number of hydrogen-bond acceptors (Lipinski definition) is 5. The van der Waals surface area contributed by atoms with E-state index < -0.39 is 0 Å². The van der Waals surface area contributed by atoms with Crippen LogP contribution in [0.5, 0.6) is 0 Å². The van der Waals surface area contributed by atoms with Gasteiger partial charge in [-0.2, -0.15) is 0 Å². The second-order valence-corrected chi connectivity index (χ2v) is 9.16. The van der Waals surface area contributed by atoms with Crippen molar-refractivity contribution in [2.24, 2.45) is 0 Å². The zero-order valence-electron chi connectivity index (χ0n) is 17.2. The monoisotopic (exact) mass is 431 g/mol. The Kier molecular flexibility index (Phi) is 7.64. The standard InChI is InChI=1S/C22H29N3O2S2/c1-15(2)25-11-9-17(10-12-25)23-22(28)24-20-19(21(26)27-3)14-18(29-20)13-16-7-5-4-6-8-16/h4-8,14-15,17H,9-13H2,1-3H3,(H2,23,24,28). The van der Waals surface area contributed by atoms with Crippen molar-refractivity contribution in [2.45, 2.75) is 45.2 Å². The Bertz CT molecular complexity index is 828. The van der Waals surface area contributed by atoms with Crippen LogP contribution in [0.2, 0.25) is 0 Å². The molecule has 1 aliphatic heterocycles. The molecule has 3 rings (SSSR count). The summed E-state index contributed by atoms with van der Waals surface area (Å²) < 4.78 is 4.96. The first kappa shape index (κ1) is 21.7. The normalized spacial score (nSPS) is 15.3. The lowest BCUT2D eigenvalue weighted by molar-refractivity contribution is 0.0602. The average Bonchev–Trinajstić information content (AvgIpc) is 3.10. The number of nitrogens with one attached hydrogen (secondary N) is 2. The fraction of sp³-hybridized carbons (Fsp3) is 0.455. The van der Waals surface area contributed by atoms with Crippen molar-refractivity contribution in [1.82, 2.24) is 10.2 Å². The predicted octanol–water partition coefficient (Wildman–Crippen LogP) is 4.28. The molecule has 1 aromatic heterocycles. The summed E-state index contributed by atoms with van der Waals surface area (Å²) in [4.78, 5) is 15.8. The Morgan fingerprint density at radius 3 is 2.59 bits per heavy atom. The fourth-order valence-electron chi connectivity index (χ4n) is 3.57. The smallest absolute Gasteiger partial charge is 0.340 e. The van der Waals surface area contributed by atoms with Crippen LogP contribution in [-0.4, -0.2) is 48.3 Å². The molecule has 0 unspecified atom stereocenters. The molecule has 0 amide bonds. The molecule has 0 radical (unpaired) electrons. The molecule has 1 aromatic carbocycles. The maximum absolute atomic E-state index is 12.2. The lowest BCUT2D eigenvalue weighted by Crippen LogP contribution is -2.47. The Morgan fingerprint density at radius 2 is 1.97 bits per heavy atom. The predicted molar refractivity (Wildman–Crippen MR) is 124 cm³/mol. The van der Waals surface area contributed by atoms with Gasteiger partial charge in [-0.25, -0.2) is 4.79 Å². The number of hydrogen-bond donors (Lipinski definition) is 2. The van der Waals surface area contributed by atoms with Gasteiger partial charge in [0.2, 0.25) is 0 Å². The number of likely N-dealkylation sites (tertiary alicyclic amines) is 1. The first-order valence-electron chi connectivity index (χ1n) is 10.0. The second kappa shape index (κ2) is 10.2. The van der Waals surface area contributed by atoms with Gasteiger partial charge in [0.1, 0.15) is 5.00 Å². The summed E-state index contributed by atoms with van der Waals surface area (Å²) in [7, 11) is 1.40. The molecule has 156 valence electrons. The SMILES string of the molecule is COC(=O)c1cc(Cc2ccccc2)sc1NC(=S)NC1CCN(C(C)C)CC1. The van der Waals surface area contributed by atoms with Gasteiger partial charge in [-0.15, -0.1) is 11.3 Å². The lowest BCUT2D eigenvalue weighted by Gasteiger charge is -2.35. The number of nitrogens with zero attached hydrogens (tertiary/aromatic N) is 1. The Hall–Kier alpha value is -1.96. The van der Waals surface area contributed by atoms with Crippen molar-refractivity contribution in [2.75, 3.05) is 25.5 Å². The van der Waals surface area contributed by atoms with Gasteiger partial charge in [0, 0.05) is 36.5 Å². The number of ether oxygens (including phenoxy) is 1. The van der Waals surface area contributed by atoms with Crippen LogP contribution in [0.3, 0.4) is 0 Å². The lowest BCUT2D eigenvalue weighted by atomic mass is 10.0. The van der Waals surface area contributed by atoms with Crippen molar-refractivity contribution >= 4 is 39.6 Å². The fourth-order valence-corrected chi connectivity index (χ4v) is 4.98. The maximum Gasteiger partial charge on any atom is 0.340 e. The molecule has 0 bridgehead atoms. The Labute approximate surface area is 182 Å². The van der Waals surface area contributed by atoms with Gasteiger partial charge < -0.3 is 20.3 Å². The molecule has 0 saturated carbocycles. The second-order valence-electron chi connectivity index (χ2n) is 7.61. The van der Waals surface area contributed by atoms with Crippen LogP contribution in [0.1, 0.15) is 47.5 Å². The van der Waals surface area contributed by atoms with Crippen molar-refractivity contribution in [3.05, 3.63) is 52.4 Å². The summed E-state index contributed by atoms with van der Waals surface area (Å²) in [5, 5.41) is 7.95. The molecule has 0 spiro atoms. The Balaban J connectivity index is 1.64. The van der Waals surface area contributed by atoms with E-state index in [9.17, 15) is 4.79 Å². The van der Waals surface area contributed by atoms with Gasteiger partial charge in [0.25, 0.3) is 0 Å². The van der Waals surface area contributed by atoms with Crippen LogP contribution < -0.4 is 10.6 Å². The average molecular weight is 432 g/mol. The van der Waals surface area contributed by atoms with E-state index in [2.05, 4.69) is 41.5 Å². The van der Waals surface area contributed by atoms with E-state index in [1.54, 1.807) is 11.3 Å².